The van der Waals surface area contributed by atoms with Gasteiger partial charge in [-0.3, -0.25) is 0 Å². The lowest BCUT2D eigenvalue weighted by Gasteiger charge is -2.25. The summed E-state index contributed by atoms with van der Waals surface area (Å²) < 4.78 is 28.4. The molecule has 0 fully saturated rings. The monoisotopic (exact) mass is 431 g/mol. The number of unbranched alkanes of at least 4 members (excludes halogenated alkanes) is 1. The molecule has 0 unspecified atom stereocenters. The zero-order chi connectivity index (χ0) is 20.9. The van der Waals surface area contributed by atoms with E-state index < -0.39 is 10.0 Å². The number of rotatable bonds is 9. The Morgan fingerprint density at radius 1 is 1.03 bits per heavy atom. The van der Waals surface area contributed by atoms with Crippen LogP contribution in [-0.2, 0) is 10.0 Å². The first kappa shape index (κ1) is 21.5. The van der Waals surface area contributed by atoms with E-state index in [1.54, 1.807) is 24.3 Å². The van der Waals surface area contributed by atoms with Gasteiger partial charge in [-0.15, -0.1) is 11.8 Å². The molecule has 0 bridgehead atoms. The molecule has 0 saturated heterocycles. The molecule has 1 heterocycles. The Labute approximate surface area is 176 Å². The number of fused-ring (bicyclic) bond motifs is 1. The van der Waals surface area contributed by atoms with Gasteiger partial charge in [0.25, 0.3) is 10.0 Å². The highest BCUT2D eigenvalue weighted by molar-refractivity contribution is 7.99. The van der Waals surface area contributed by atoms with E-state index in [9.17, 15) is 13.5 Å². The molecule has 1 aromatic heterocycles. The summed E-state index contributed by atoms with van der Waals surface area (Å²) in [4.78, 5) is 9.55. The third-order valence-corrected chi connectivity index (χ3v) is 7.15. The third kappa shape index (κ3) is 4.88. The molecule has 0 amide bonds. The molecule has 3 rings (SSSR count). The van der Waals surface area contributed by atoms with Gasteiger partial charge >= 0.3 is 0 Å². The number of para-hydroxylation sites is 2. The molecule has 29 heavy (non-hydrogen) atoms. The van der Waals surface area contributed by atoms with E-state index in [0.717, 1.165) is 12.0 Å². The summed E-state index contributed by atoms with van der Waals surface area (Å²) in [7, 11) is -3.80. The highest BCUT2D eigenvalue weighted by Gasteiger charge is 2.28. The van der Waals surface area contributed by atoms with E-state index in [1.165, 1.54) is 16.1 Å². The number of aromatic nitrogens is 2. The SMILES string of the molecule is CCCCN(c1nc2ccccc2nc1SCCO)S(=O)(=O)c1ccc(C)cc1. The van der Waals surface area contributed by atoms with Gasteiger partial charge in [-0.25, -0.2) is 22.7 Å². The first-order chi connectivity index (χ1) is 14.0. The number of hydrogen-bond acceptors (Lipinski definition) is 6. The molecule has 1 N–H and O–H groups in total. The van der Waals surface area contributed by atoms with Gasteiger partial charge in [-0.05, 0) is 37.6 Å². The van der Waals surface area contributed by atoms with E-state index >= 15 is 0 Å². The minimum absolute atomic E-state index is 0.0295. The van der Waals surface area contributed by atoms with Crippen LogP contribution in [0.1, 0.15) is 25.3 Å². The Morgan fingerprint density at radius 2 is 1.69 bits per heavy atom. The maximum absolute atomic E-state index is 13.5. The molecule has 3 aromatic rings. The van der Waals surface area contributed by atoms with Crippen LogP contribution in [0, 0.1) is 6.92 Å². The largest absolute Gasteiger partial charge is 0.396 e. The second-order valence-electron chi connectivity index (χ2n) is 6.66. The summed E-state index contributed by atoms with van der Waals surface area (Å²) in [5.41, 5.74) is 2.32. The van der Waals surface area contributed by atoms with Crippen LogP contribution in [-0.4, -0.2) is 42.4 Å². The van der Waals surface area contributed by atoms with Gasteiger partial charge in [0.15, 0.2) is 5.82 Å². The Hall–Kier alpha value is -2.16. The highest BCUT2D eigenvalue weighted by Crippen LogP contribution is 2.32. The molecule has 154 valence electrons. The molecule has 0 saturated carbocycles. The fourth-order valence-electron chi connectivity index (χ4n) is 2.86. The molecule has 0 aliphatic carbocycles. The number of benzene rings is 2. The smallest absolute Gasteiger partial charge is 0.265 e. The molecular formula is C21H25N3O3S2. The predicted octanol–water partition coefficient (Wildman–Crippen LogP) is 4.02. The lowest BCUT2D eigenvalue weighted by molar-refractivity contribution is 0.322. The van der Waals surface area contributed by atoms with Gasteiger partial charge < -0.3 is 5.11 Å². The zero-order valence-corrected chi connectivity index (χ0v) is 18.2. The average Bonchev–Trinajstić information content (AvgIpc) is 2.72. The third-order valence-electron chi connectivity index (χ3n) is 4.41. The number of hydrogen-bond donors (Lipinski definition) is 1. The van der Waals surface area contributed by atoms with Gasteiger partial charge in [0.05, 0.1) is 22.5 Å². The number of thioether (sulfide) groups is 1. The van der Waals surface area contributed by atoms with Gasteiger partial charge in [0.1, 0.15) is 5.03 Å². The van der Waals surface area contributed by atoms with Crippen LogP contribution in [0.25, 0.3) is 11.0 Å². The summed E-state index contributed by atoms with van der Waals surface area (Å²) >= 11 is 1.31. The van der Waals surface area contributed by atoms with Crippen molar-refractivity contribution in [2.45, 2.75) is 36.6 Å². The van der Waals surface area contributed by atoms with Crippen LogP contribution in [0.2, 0.25) is 0 Å². The maximum Gasteiger partial charge on any atom is 0.265 e. The molecule has 0 spiro atoms. The van der Waals surface area contributed by atoms with Crippen molar-refractivity contribution in [2.75, 3.05) is 23.2 Å². The number of sulfonamides is 1. The van der Waals surface area contributed by atoms with Crippen LogP contribution in [0.15, 0.2) is 58.5 Å². The van der Waals surface area contributed by atoms with Gasteiger partial charge in [0.2, 0.25) is 0 Å². The molecule has 8 heteroatoms. The van der Waals surface area contributed by atoms with Gasteiger partial charge in [-0.2, -0.15) is 0 Å². The summed E-state index contributed by atoms with van der Waals surface area (Å²) in [5, 5.41) is 9.78. The van der Waals surface area contributed by atoms with Crippen molar-refractivity contribution in [2.24, 2.45) is 0 Å². The molecular weight excluding hydrogens is 406 g/mol. The van der Waals surface area contributed by atoms with Crippen LogP contribution in [0.4, 0.5) is 5.82 Å². The van der Waals surface area contributed by atoms with E-state index in [-0.39, 0.29) is 11.5 Å². The van der Waals surface area contributed by atoms with Crippen molar-refractivity contribution in [1.82, 2.24) is 9.97 Å². The van der Waals surface area contributed by atoms with Crippen LogP contribution in [0.3, 0.4) is 0 Å². The van der Waals surface area contributed by atoms with E-state index in [0.29, 0.717) is 40.6 Å². The first-order valence-corrected chi connectivity index (χ1v) is 12.0. The van der Waals surface area contributed by atoms with Crippen molar-refractivity contribution in [1.29, 1.82) is 0 Å². The van der Waals surface area contributed by atoms with Crippen molar-refractivity contribution >= 4 is 38.6 Å². The quantitative estimate of drug-likeness (QED) is 0.515. The minimum atomic E-state index is -3.80. The molecule has 0 atom stereocenters. The molecule has 0 aliphatic rings. The lowest BCUT2D eigenvalue weighted by Crippen LogP contribution is -2.33. The predicted molar refractivity (Wildman–Crippen MR) is 118 cm³/mol. The Morgan fingerprint density at radius 3 is 2.31 bits per heavy atom. The number of nitrogens with zero attached hydrogens (tertiary/aromatic N) is 3. The zero-order valence-electron chi connectivity index (χ0n) is 16.6. The molecule has 0 radical (unpaired) electrons. The summed E-state index contributed by atoms with van der Waals surface area (Å²) in [6, 6.07) is 14.2. The fourth-order valence-corrected chi connectivity index (χ4v) is 5.10. The Balaban J connectivity index is 2.16. The van der Waals surface area contributed by atoms with Crippen molar-refractivity contribution in [3.63, 3.8) is 0 Å². The van der Waals surface area contributed by atoms with Crippen molar-refractivity contribution in [3.8, 4) is 0 Å². The average molecular weight is 432 g/mol. The maximum atomic E-state index is 13.5. The topological polar surface area (TPSA) is 83.4 Å². The Bertz CT molecular complexity index is 1070. The standard InChI is InChI=1S/C21H25N3O3S2/c1-3-4-13-24(29(26,27)17-11-9-16(2)10-12-17)20-21(28-15-14-25)23-19-8-6-5-7-18(19)22-20/h5-12,25H,3-4,13-15H2,1-2H3. The van der Waals surface area contributed by atoms with Crippen molar-refractivity contribution in [3.05, 3.63) is 54.1 Å². The lowest BCUT2D eigenvalue weighted by atomic mass is 10.2. The second-order valence-corrected chi connectivity index (χ2v) is 9.60. The van der Waals surface area contributed by atoms with E-state index in [1.807, 2.05) is 38.1 Å². The Kier molecular flexibility index (Phi) is 7.10. The number of aliphatic hydroxyl groups excluding tert-OH is 1. The van der Waals surface area contributed by atoms with Crippen LogP contribution < -0.4 is 4.31 Å². The molecule has 6 nitrogen and oxygen atoms in total. The summed E-state index contributed by atoms with van der Waals surface area (Å²) in [5.74, 6) is 0.725. The first-order valence-electron chi connectivity index (χ1n) is 9.57. The number of aryl methyl sites for hydroxylation is 1. The highest BCUT2D eigenvalue weighted by atomic mass is 32.2. The fraction of sp³-hybridized carbons (Fsp3) is 0.333. The normalized spacial score (nSPS) is 11.7. The minimum Gasteiger partial charge on any atom is -0.396 e. The summed E-state index contributed by atoms with van der Waals surface area (Å²) in [6.45, 7) is 4.22. The van der Waals surface area contributed by atoms with Crippen LogP contribution in [0.5, 0.6) is 0 Å². The van der Waals surface area contributed by atoms with Crippen molar-refractivity contribution < 1.29 is 13.5 Å². The number of aliphatic hydroxyl groups is 1. The molecule has 2 aromatic carbocycles. The van der Waals surface area contributed by atoms with Gasteiger partial charge in [0, 0.05) is 12.3 Å². The molecule has 0 aliphatic heterocycles. The second kappa shape index (κ2) is 9.56. The van der Waals surface area contributed by atoms with E-state index in [4.69, 9.17) is 0 Å². The number of anilines is 1. The van der Waals surface area contributed by atoms with Gasteiger partial charge in [-0.1, -0.05) is 43.2 Å². The van der Waals surface area contributed by atoms with Crippen LogP contribution >= 0.6 is 11.8 Å². The van der Waals surface area contributed by atoms with E-state index in [2.05, 4.69) is 9.97 Å². The summed E-state index contributed by atoms with van der Waals surface area (Å²) in [6.07, 6.45) is 1.55.